The number of hydrogen-bond acceptors (Lipinski definition) is 4. The van der Waals surface area contributed by atoms with Crippen molar-refractivity contribution in [3.8, 4) is 0 Å². The first-order valence-corrected chi connectivity index (χ1v) is 9.95. The van der Waals surface area contributed by atoms with Crippen molar-refractivity contribution in [2.24, 2.45) is 0 Å². The molecule has 0 saturated carbocycles. The van der Waals surface area contributed by atoms with Crippen LogP contribution >= 0.6 is 0 Å². The molecule has 1 aromatic heterocycles. The lowest BCUT2D eigenvalue weighted by Gasteiger charge is -2.30. The van der Waals surface area contributed by atoms with Gasteiger partial charge in [-0.1, -0.05) is 12.8 Å². The second-order valence-electron chi connectivity index (χ2n) is 7.73. The maximum Gasteiger partial charge on any atom is 0.254 e. The number of nitrogens with zero attached hydrogens (tertiary/aromatic N) is 3. The highest BCUT2D eigenvalue weighted by molar-refractivity contribution is 5.94. The molecule has 0 aliphatic carbocycles. The van der Waals surface area contributed by atoms with E-state index < -0.39 is 0 Å². The zero-order chi connectivity index (χ0) is 19.4. The smallest absolute Gasteiger partial charge is 0.254 e. The summed E-state index contributed by atoms with van der Waals surface area (Å²) in [7, 11) is 2.04. The zero-order valence-corrected chi connectivity index (χ0v) is 16.4. The summed E-state index contributed by atoms with van der Waals surface area (Å²) in [5, 5.41) is 0. The van der Waals surface area contributed by atoms with Crippen LogP contribution in [0.25, 0.3) is 0 Å². The molecule has 2 saturated heterocycles. The second kappa shape index (κ2) is 8.69. The normalized spacial score (nSPS) is 22.2. The van der Waals surface area contributed by atoms with Gasteiger partial charge in [0.1, 0.15) is 0 Å². The van der Waals surface area contributed by atoms with Gasteiger partial charge in [0.25, 0.3) is 5.91 Å². The van der Waals surface area contributed by atoms with E-state index >= 15 is 0 Å². The van der Waals surface area contributed by atoms with Crippen molar-refractivity contribution in [2.45, 2.75) is 45.1 Å². The van der Waals surface area contributed by atoms with Crippen molar-refractivity contribution in [1.82, 2.24) is 19.7 Å². The monoisotopic (exact) mass is 374 g/mol. The van der Waals surface area contributed by atoms with Gasteiger partial charge in [-0.25, -0.2) is 0 Å². The minimum Gasteiger partial charge on any atom is -0.339 e. The Balaban J connectivity index is 1.65. The molecule has 7 heteroatoms. The van der Waals surface area contributed by atoms with Gasteiger partial charge in [0.15, 0.2) is 0 Å². The van der Waals surface area contributed by atoms with Crippen LogP contribution in [0.5, 0.6) is 0 Å². The van der Waals surface area contributed by atoms with E-state index in [1.54, 1.807) is 17.9 Å². The Morgan fingerprint density at radius 2 is 1.70 bits per heavy atom. The molecule has 1 atom stereocenters. The van der Waals surface area contributed by atoms with Crippen LogP contribution in [0.2, 0.25) is 0 Å². The first-order valence-electron chi connectivity index (χ1n) is 9.95. The van der Waals surface area contributed by atoms with Crippen LogP contribution in [-0.4, -0.2) is 77.3 Å². The Bertz CT molecular complexity index is 745. The topological polar surface area (TPSA) is 76.7 Å². The van der Waals surface area contributed by atoms with Crippen LogP contribution in [0, 0.1) is 6.92 Å². The van der Waals surface area contributed by atoms with Crippen LogP contribution in [0.15, 0.2) is 16.9 Å². The highest BCUT2D eigenvalue weighted by Gasteiger charge is 2.30. The van der Waals surface area contributed by atoms with Crippen molar-refractivity contribution >= 4 is 11.8 Å². The SMILES string of the molecule is Cc1cc(C(=O)N2CCCN(C(=O)C3CCCCCN3C)CC2)cc(=O)[nH]1. The van der Waals surface area contributed by atoms with Crippen LogP contribution < -0.4 is 5.56 Å². The van der Waals surface area contributed by atoms with Gasteiger partial charge >= 0.3 is 0 Å². The van der Waals surface area contributed by atoms with E-state index in [4.69, 9.17) is 0 Å². The van der Waals surface area contributed by atoms with Crippen LogP contribution in [-0.2, 0) is 4.79 Å². The third kappa shape index (κ3) is 4.77. The number of amides is 2. The first-order chi connectivity index (χ1) is 13.0. The second-order valence-corrected chi connectivity index (χ2v) is 7.73. The van der Waals surface area contributed by atoms with Crippen LogP contribution in [0.3, 0.4) is 0 Å². The van der Waals surface area contributed by atoms with Gasteiger partial charge in [0, 0.05) is 43.5 Å². The number of aromatic amines is 1. The van der Waals surface area contributed by atoms with Crippen LogP contribution in [0.1, 0.15) is 48.2 Å². The Hall–Kier alpha value is -2.15. The number of carbonyl (C=O) groups is 2. The molecule has 7 nitrogen and oxygen atoms in total. The molecule has 27 heavy (non-hydrogen) atoms. The summed E-state index contributed by atoms with van der Waals surface area (Å²) in [5.74, 6) is 0.0609. The summed E-state index contributed by atoms with van der Waals surface area (Å²) in [6.45, 7) is 5.08. The highest BCUT2D eigenvalue weighted by Crippen LogP contribution is 2.18. The molecule has 0 radical (unpaired) electrons. The highest BCUT2D eigenvalue weighted by atomic mass is 16.2. The lowest BCUT2D eigenvalue weighted by molar-refractivity contribution is -0.136. The van der Waals surface area contributed by atoms with Gasteiger partial charge < -0.3 is 14.8 Å². The van der Waals surface area contributed by atoms with E-state index in [1.165, 1.54) is 12.5 Å². The minimum absolute atomic E-state index is 0.0370. The molecule has 0 bridgehead atoms. The van der Waals surface area contributed by atoms with E-state index in [-0.39, 0.29) is 23.4 Å². The minimum atomic E-state index is -0.263. The number of rotatable bonds is 2. The van der Waals surface area contributed by atoms with Gasteiger partial charge in [0.2, 0.25) is 11.5 Å². The number of aryl methyl sites for hydroxylation is 1. The molecular formula is C20H30N4O3. The Kier molecular flexibility index (Phi) is 6.31. The lowest BCUT2D eigenvalue weighted by Crippen LogP contribution is -2.48. The summed E-state index contributed by atoms with van der Waals surface area (Å²) in [6, 6.07) is 3.02. The van der Waals surface area contributed by atoms with Crippen molar-refractivity contribution in [2.75, 3.05) is 39.8 Å². The molecule has 3 rings (SSSR count). The van der Waals surface area contributed by atoms with Gasteiger partial charge in [0.05, 0.1) is 6.04 Å². The quantitative estimate of drug-likeness (QED) is 0.845. The predicted octanol–water partition coefficient (Wildman–Crippen LogP) is 1.23. The molecule has 2 amide bonds. The summed E-state index contributed by atoms with van der Waals surface area (Å²) in [4.78, 5) is 46.0. The molecule has 2 fully saturated rings. The van der Waals surface area contributed by atoms with E-state index in [2.05, 4.69) is 9.88 Å². The largest absolute Gasteiger partial charge is 0.339 e. The maximum absolute atomic E-state index is 13.0. The Morgan fingerprint density at radius 1 is 0.963 bits per heavy atom. The third-order valence-electron chi connectivity index (χ3n) is 5.63. The van der Waals surface area contributed by atoms with Gasteiger partial charge in [-0.15, -0.1) is 0 Å². The van der Waals surface area contributed by atoms with Gasteiger partial charge in [-0.3, -0.25) is 19.3 Å². The van der Waals surface area contributed by atoms with E-state index in [0.717, 1.165) is 32.2 Å². The van der Waals surface area contributed by atoms with Crippen molar-refractivity contribution in [3.05, 3.63) is 33.7 Å². The predicted molar refractivity (Wildman–Crippen MR) is 104 cm³/mol. The van der Waals surface area contributed by atoms with Gasteiger partial charge in [-0.05, 0) is 45.8 Å². The van der Waals surface area contributed by atoms with Crippen molar-refractivity contribution < 1.29 is 9.59 Å². The molecule has 0 spiro atoms. The van der Waals surface area contributed by atoms with Crippen molar-refractivity contribution in [1.29, 1.82) is 0 Å². The Labute approximate surface area is 160 Å². The number of nitrogens with one attached hydrogen (secondary N) is 1. The van der Waals surface area contributed by atoms with E-state index in [1.807, 2.05) is 11.9 Å². The zero-order valence-electron chi connectivity index (χ0n) is 16.4. The molecule has 148 valence electrons. The van der Waals surface area contributed by atoms with Gasteiger partial charge in [-0.2, -0.15) is 0 Å². The van der Waals surface area contributed by atoms with Crippen molar-refractivity contribution in [3.63, 3.8) is 0 Å². The fraction of sp³-hybridized carbons (Fsp3) is 0.650. The maximum atomic E-state index is 13.0. The summed E-state index contributed by atoms with van der Waals surface area (Å²) in [5.41, 5.74) is 0.829. The fourth-order valence-corrected chi connectivity index (χ4v) is 4.10. The Morgan fingerprint density at radius 3 is 2.48 bits per heavy atom. The molecule has 2 aliphatic rings. The molecule has 3 heterocycles. The van der Waals surface area contributed by atoms with E-state index in [9.17, 15) is 14.4 Å². The number of likely N-dealkylation sites (tertiary alicyclic amines) is 1. The molecule has 1 aromatic rings. The molecule has 2 aliphatic heterocycles. The van der Waals surface area contributed by atoms with Crippen LogP contribution in [0.4, 0.5) is 0 Å². The number of pyridine rings is 1. The molecule has 0 aromatic carbocycles. The number of likely N-dealkylation sites (N-methyl/N-ethyl adjacent to an activating group) is 1. The molecular weight excluding hydrogens is 344 g/mol. The average molecular weight is 374 g/mol. The average Bonchev–Trinajstić information content (AvgIpc) is 3.00. The fourth-order valence-electron chi connectivity index (χ4n) is 4.10. The number of H-pyrrole nitrogens is 1. The summed E-state index contributed by atoms with van der Waals surface area (Å²) >= 11 is 0. The molecule has 1 N–H and O–H groups in total. The summed E-state index contributed by atoms with van der Waals surface area (Å²) < 4.78 is 0. The standard InChI is InChI=1S/C20H30N4O3/c1-15-13-16(14-18(25)21-15)19(26)23-9-6-10-24(12-11-23)20(27)17-7-4-3-5-8-22(17)2/h13-14,17H,3-12H2,1-2H3,(H,21,25). The number of carbonyl (C=O) groups excluding carboxylic acids is 2. The third-order valence-corrected chi connectivity index (χ3v) is 5.63. The number of hydrogen-bond donors (Lipinski definition) is 1. The molecule has 1 unspecified atom stereocenters. The first kappa shape index (κ1) is 19.6. The van der Waals surface area contributed by atoms with E-state index in [0.29, 0.717) is 37.4 Å². The lowest BCUT2D eigenvalue weighted by atomic mass is 10.1. The summed E-state index contributed by atoms with van der Waals surface area (Å²) in [6.07, 6.45) is 5.11. The number of aromatic nitrogens is 1.